The summed E-state index contributed by atoms with van der Waals surface area (Å²) in [6, 6.07) is 15.4. The number of hydrogen-bond donors (Lipinski definition) is 0. The Labute approximate surface area is 162 Å². The fourth-order valence-corrected chi connectivity index (χ4v) is 3.98. The van der Waals surface area contributed by atoms with Crippen LogP contribution in [0.3, 0.4) is 0 Å². The third-order valence-electron chi connectivity index (χ3n) is 5.19. The summed E-state index contributed by atoms with van der Waals surface area (Å²) in [6.07, 6.45) is 1.77. The molecular formula is C21H22BrNO3. The van der Waals surface area contributed by atoms with Gasteiger partial charge in [0, 0.05) is 48.1 Å². The second-order valence-electron chi connectivity index (χ2n) is 6.88. The molecule has 0 N–H and O–H groups in total. The van der Waals surface area contributed by atoms with Gasteiger partial charge in [-0.1, -0.05) is 40.2 Å². The van der Waals surface area contributed by atoms with Crippen LogP contribution in [-0.4, -0.2) is 42.8 Å². The number of hydrogen-bond acceptors (Lipinski definition) is 4. The van der Waals surface area contributed by atoms with Crippen LogP contribution in [0.5, 0.6) is 0 Å². The van der Waals surface area contributed by atoms with E-state index in [9.17, 15) is 4.79 Å². The summed E-state index contributed by atoms with van der Waals surface area (Å²) < 4.78 is 12.6. The number of ketones is 1. The number of piperidine rings is 1. The highest BCUT2D eigenvalue weighted by atomic mass is 79.9. The molecule has 2 saturated heterocycles. The van der Waals surface area contributed by atoms with Crippen molar-refractivity contribution in [1.82, 2.24) is 4.90 Å². The minimum Gasteiger partial charge on any atom is -0.347 e. The molecule has 26 heavy (non-hydrogen) atoms. The van der Waals surface area contributed by atoms with Crippen molar-refractivity contribution in [3.05, 3.63) is 69.7 Å². The first-order chi connectivity index (χ1) is 12.7. The van der Waals surface area contributed by atoms with Gasteiger partial charge in [-0.25, -0.2) is 0 Å². The summed E-state index contributed by atoms with van der Waals surface area (Å²) in [5, 5.41) is 0. The van der Waals surface area contributed by atoms with Crippen molar-refractivity contribution in [3.63, 3.8) is 0 Å². The van der Waals surface area contributed by atoms with E-state index < -0.39 is 0 Å². The lowest BCUT2D eigenvalue weighted by Crippen LogP contribution is -2.44. The molecule has 5 heteroatoms. The predicted octanol–water partition coefficient (Wildman–Crippen LogP) is 4.02. The molecule has 4 nitrogen and oxygen atoms in total. The van der Waals surface area contributed by atoms with E-state index >= 15 is 0 Å². The molecule has 1 spiro atoms. The molecule has 0 bridgehead atoms. The van der Waals surface area contributed by atoms with Crippen molar-refractivity contribution in [2.24, 2.45) is 0 Å². The molecule has 2 aromatic rings. The molecule has 0 amide bonds. The highest BCUT2D eigenvalue weighted by Crippen LogP contribution is 2.32. The van der Waals surface area contributed by atoms with E-state index in [1.54, 1.807) is 0 Å². The molecule has 2 aromatic carbocycles. The average Bonchev–Trinajstić information content (AvgIpc) is 3.12. The van der Waals surface area contributed by atoms with Crippen LogP contribution in [0.1, 0.15) is 34.3 Å². The summed E-state index contributed by atoms with van der Waals surface area (Å²) in [6.45, 7) is 4.01. The lowest BCUT2D eigenvalue weighted by Gasteiger charge is -2.37. The molecule has 0 aromatic heterocycles. The zero-order valence-corrected chi connectivity index (χ0v) is 16.2. The minimum absolute atomic E-state index is 0.0732. The van der Waals surface area contributed by atoms with Crippen LogP contribution in [0.25, 0.3) is 0 Å². The first-order valence-electron chi connectivity index (χ1n) is 9.04. The lowest BCUT2D eigenvalue weighted by atomic mass is 9.97. The summed E-state index contributed by atoms with van der Waals surface area (Å²) in [5.41, 5.74) is 2.57. The van der Waals surface area contributed by atoms with Gasteiger partial charge in [0.25, 0.3) is 0 Å². The van der Waals surface area contributed by atoms with Crippen molar-refractivity contribution in [2.45, 2.75) is 25.2 Å². The maximum absolute atomic E-state index is 13.0. The van der Waals surface area contributed by atoms with Gasteiger partial charge in [-0.15, -0.1) is 0 Å². The Hall–Kier alpha value is -1.53. The third kappa shape index (κ3) is 3.76. The minimum atomic E-state index is -0.358. The number of carbonyl (C=O) groups excluding carboxylic acids is 1. The van der Waals surface area contributed by atoms with Crippen molar-refractivity contribution >= 4 is 21.7 Å². The quantitative estimate of drug-likeness (QED) is 0.706. The topological polar surface area (TPSA) is 38.8 Å². The molecule has 0 saturated carbocycles. The Bertz CT molecular complexity index is 774. The second-order valence-corrected chi connectivity index (χ2v) is 7.79. The van der Waals surface area contributed by atoms with E-state index in [2.05, 4.69) is 26.9 Å². The standard InChI is InChI=1S/C21H22BrNO3/c22-18-7-5-16(6-8-18)20(24)19-4-2-1-3-17(19)15-23-11-9-21(10-12-23)25-13-14-26-21/h1-8H,9-15H2. The van der Waals surface area contributed by atoms with Crippen LogP contribution in [-0.2, 0) is 16.0 Å². The average molecular weight is 416 g/mol. The highest BCUT2D eigenvalue weighted by molar-refractivity contribution is 9.10. The van der Waals surface area contributed by atoms with Gasteiger partial charge >= 0.3 is 0 Å². The van der Waals surface area contributed by atoms with Crippen molar-refractivity contribution < 1.29 is 14.3 Å². The zero-order valence-electron chi connectivity index (χ0n) is 14.6. The number of nitrogens with zero attached hydrogens (tertiary/aromatic N) is 1. The predicted molar refractivity (Wildman–Crippen MR) is 103 cm³/mol. The van der Waals surface area contributed by atoms with E-state index in [0.717, 1.165) is 48.1 Å². The number of rotatable bonds is 4. The van der Waals surface area contributed by atoms with Gasteiger partial charge in [0.1, 0.15) is 0 Å². The van der Waals surface area contributed by atoms with Crippen LogP contribution >= 0.6 is 15.9 Å². The van der Waals surface area contributed by atoms with E-state index in [1.165, 1.54) is 0 Å². The normalized spacial score (nSPS) is 19.7. The van der Waals surface area contributed by atoms with E-state index in [1.807, 2.05) is 42.5 Å². The Balaban J connectivity index is 1.48. The Morgan fingerprint density at radius 1 is 1.00 bits per heavy atom. The molecular weight excluding hydrogens is 394 g/mol. The molecule has 2 heterocycles. The number of halogens is 1. The van der Waals surface area contributed by atoms with Crippen molar-refractivity contribution in [1.29, 1.82) is 0 Å². The molecule has 2 aliphatic rings. The Morgan fingerprint density at radius 3 is 2.35 bits per heavy atom. The monoisotopic (exact) mass is 415 g/mol. The lowest BCUT2D eigenvalue weighted by molar-refractivity contribution is -0.185. The fourth-order valence-electron chi connectivity index (χ4n) is 3.71. The van der Waals surface area contributed by atoms with Crippen LogP contribution in [0.2, 0.25) is 0 Å². The summed E-state index contributed by atoms with van der Waals surface area (Å²) in [7, 11) is 0. The van der Waals surface area contributed by atoms with E-state index in [-0.39, 0.29) is 11.6 Å². The zero-order chi connectivity index (χ0) is 18.0. The SMILES string of the molecule is O=C(c1ccc(Br)cc1)c1ccccc1CN1CCC2(CC1)OCCO2. The summed E-state index contributed by atoms with van der Waals surface area (Å²) in [5.74, 6) is -0.285. The summed E-state index contributed by atoms with van der Waals surface area (Å²) in [4.78, 5) is 15.3. The van der Waals surface area contributed by atoms with Crippen LogP contribution < -0.4 is 0 Å². The molecule has 0 aliphatic carbocycles. The van der Waals surface area contributed by atoms with Crippen molar-refractivity contribution in [3.8, 4) is 0 Å². The van der Waals surface area contributed by atoms with Crippen molar-refractivity contribution in [2.75, 3.05) is 26.3 Å². The second kappa shape index (κ2) is 7.61. The van der Waals surface area contributed by atoms with E-state index in [0.29, 0.717) is 18.8 Å². The molecule has 2 fully saturated rings. The first kappa shape index (κ1) is 17.9. The molecule has 2 aliphatic heterocycles. The van der Waals surface area contributed by atoms with Gasteiger partial charge < -0.3 is 9.47 Å². The van der Waals surface area contributed by atoms with Gasteiger partial charge in [0.2, 0.25) is 0 Å². The fraction of sp³-hybridized carbons (Fsp3) is 0.381. The number of ether oxygens (including phenoxy) is 2. The Kier molecular flexibility index (Phi) is 5.23. The van der Waals surface area contributed by atoms with Crippen LogP contribution in [0, 0.1) is 0 Å². The van der Waals surface area contributed by atoms with Gasteiger partial charge in [-0.05, 0) is 29.8 Å². The van der Waals surface area contributed by atoms with Gasteiger partial charge in [0.15, 0.2) is 11.6 Å². The molecule has 4 rings (SSSR count). The number of benzene rings is 2. The number of likely N-dealkylation sites (tertiary alicyclic amines) is 1. The van der Waals surface area contributed by atoms with Gasteiger partial charge in [0.05, 0.1) is 13.2 Å². The Morgan fingerprint density at radius 2 is 1.65 bits per heavy atom. The molecule has 136 valence electrons. The van der Waals surface area contributed by atoms with Crippen LogP contribution in [0.4, 0.5) is 0 Å². The smallest absolute Gasteiger partial charge is 0.193 e. The van der Waals surface area contributed by atoms with E-state index in [4.69, 9.17) is 9.47 Å². The summed E-state index contributed by atoms with van der Waals surface area (Å²) >= 11 is 3.42. The maximum Gasteiger partial charge on any atom is 0.193 e. The third-order valence-corrected chi connectivity index (χ3v) is 5.72. The number of carbonyl (C=O) groups is 1. The van der Waals surface area contributed by atoms with Gasteiger partial charge in [-0.2, -0.15) is 0 Å². The maximum atomic E-state index is 13.0. The first-order valence-corrected chi connectivity index (χ1v) is 9.83. The van der Waals surface area contributed by atoms with Gasteiger partial charge in [-0.3, -0.25) is 9.69 Å². The molecule has 0 atom stereocenters. The molecule has 0 unspecified atom stereocenters. The largest absolute Gasteiger partial charge is 0.347 e. The highest BCUT2D eigenvalue weighted by Gasteiger charge is 2.39. The van der Waals surface area contributed by atoms with Crippen LogP contribution in [0.15, 0.2) is 53.0 Å². The molecule has 0 radical (unpaired) electrons.